The van der Waals surface area contributed by atoms with Gasteiger partial charge in [-0.3, -0.25) is 0 Å². The average molecular weight is 245 g/mol. The van der Waals surface area contributed by atoms with E-state index >= 15 is 0 Å². The minimum atomic E-state index is 0.337. The first-order valence-corrected chi connectivity index (χ1v) is 7.30. The molecule has 2 saturated carbocycles. The Morgan fingerprint density at radius 1 is 1.11 bits per heavy atom. The van der Waals surface area contributed by atoms with Gasteiger partial charge in [0.05, 0.1) is 0 Å². The zero-order valence-corrected chi connectivity index (χ0v) is 10.9. The summed E-state index contributed by atoms with van der Waals surface area (Å²) in [6, 6.07) is 11.8. The SMILES string of the molecule is OC[C@@H]1CCC[C@H]1N[C@@H](c1ccccc1)C1CC1. The van der Waals surface area contributed by atoms with Crippen molar-refractivity contribution in [3.63, 3.8) is 0 Å². The largest absolute Gasteiger partial charge is 0.396 e. The minimum Gasteiger partial charge on any atom is -0.396 e. The van der Waals surface area contributed by atoms with Crippen molar-refractivity contribution in [1.29, 1.82) is 0 Å². The highest BCUT2D eigenvalue weighted by atomic mass is 16.3. The fraction of sp³-hybridized carbons (Fsp3) is 0.625. The van der Waals surface area contributed by atoms with Gasteiger partial charge in [-0.1, -0.05) is 36.8 Å². The highest BCUT2D eigenvalue weighted by molar-refractivity contribution is 5.21. The highest BCUT2D eigenvalue weighted by Crippen LogP contribution is 2.42. The fourth-order valence-corrected chi connectivity index (χ4v) is 3.30. The first-order chi connectivity index (χ1) is 8.88. The zero-order chi connectivity index (χ0) is 12.4. The molecule has 0 aliphatic heterocycles. The van der Waals surface area contributed by atoms with Gasteiger partial charge in [-0.05, 0) is 43.1 Å². The highest BCUT2D eigenvalue weighted by Gasteiger charge is 2.36. The van der Waals surface area contributed by atoms with Gasteiger partial charge >= 0.3 is 0 Å². The van der Waals surface area contributed by atoms with Crippen LogP contribution in [-0.4, -0.2) is 17.8 Å². The number of benzene rings is 1. The van der Waals surface area contributed by atoms with Crippen LogP contribution >= 0.6 is 0 Å². The van der Waals surface area contributed by atoms with E-state index in [2.05, 4.69) is 35.6 Å². The molecule has 2 aliphatic carbocycles. The van der Waals surface area contributed by atoms with Crippen molar-refractivity contribution < 1.29 is 5.11 Å². The zero-order valence-electron chi connectivity index (χ0n) is 10.9. The molecule has 18 heavy (non-hydrogen) atoms. The molecular weight excluding hydrogens is 222 g/mol. The molecule has 0 radical (unpaired) electrons. The van der Waals surface area contributed by atoms with Crippen LogP contribution < -0.4 is 5.32 Å². The molecule has 1 aromatic carbocycles. The van der Waals surface area contributed by atoms with Crippen molar-refractivity contribution >= 4 is 0 Å². The molecule has 1 aromatic rings. The summed E-state index contributed by atoms with van der Waals surface area (Å²) in [6.45, 7) is 0.337. The summed E-state index contributed by atoms with van der Waals surface area (Å²) in [6.07, 6.45) is 6.36. The summed E-state index contributed by atoms with van der Waals surface area (Å²) in [4.78, 5) is 0. The molecule has 0 unspecified atom stereocenters. The molecular formula is C16H23NO. The van der Waals surface area contributed by atoms with E-state index in [1.807, 2.05) is 0 Å². The molecule has 0 aromatic heterocycles. The summed E-state index contributed by atoms with van der Waals surface area (Å²) in [5.41, 5.74) is 1.42. The Labute approximate surface area is 109 Å². The first kappa shape index (κ1) is 12.2. The second-order valence-corrected chi connectivity index (χ2v) is 5.87. The Hall–Kier alpha value is -0.860. The van der Waals surface area contributed by atoms with Crippen molar-refractivity contribution in [3.05, 3.63) is 35.9 Å². The molecule has 3 rings (SSSR count). The number of hydrogen-bond acceptors (Lipinski definition) is 2. The minimum absolute atomic E-state index is 0.337. The summed E-state index contributed by atoms with van der Waals surface area (Å²) >= 11 is 0. The van der Waals surface area contributed by atoms with E-state index in [1.54, 1.807) is 0 Å². The predicted octanol–water partition coefficient (Wildman–Crippen LogP) is 2.89. The monoisotopic (exact) mass is 245 g/mol. The van der Waals surface area contributed by atoms with E-state index in [0.717, 1.165) is 5.92 Å². The normalized spacial score (nSPS) is 29.4. The van der Waals surface area contributed by atoms with Crippen LogP contribution in [0.2, 0.25) is 0 Å². The number of aliphatic hydroxyl groups is 1. The van der Waals surface area contributed by atoms with Gasteiger partial charge < -0.3 is 10.4 Å². The van der Waals surface area contributed by atoms with Crippen LogP contribution in [0.4, 0.5) is 0 Å². The molecule has 2 nitrogen and oxygen atoms in total. The topological polar surface area (TPSA) is 32.3 Å². The Kier molecular flexibility index (Phi) is 3.67. The van der Waals surface area contributed by atoms with Crippen LogP contribution in [0.1, 0.15) is 43.7 Å². The maximum atomic E-state index is 9.43. The lowest BCUT2D eigenvalue weighted by Gasteiger charge is -2.27. The predicted molar refractivity (Wildman–Crippen MR) is 73.3 cm³/mol. The Morgan fingerprint density at radius 3 is 2.56 bits per heavy atom. The number of aliphatic hydroxyl groups excluding tert-OH is 1. The van der Waals surface area contributed by atoms with E-state index in [4.69, 9.17) is 0 Å². The standard InChI is InChI=1S/C16H23NO/c18-11-14-7-4-8-15(14)17-16(13-9-10-13)12-5-2-1-3-6-12/h1-3,5-6,13-18H,4,7-11H2/t14-,15+,16-/m0/s1. The molecule has 2 N–H and O–H groups in total. The molecule has 0 amide bonds. The Bertz CT molecular complexity index is 374. The summed E-state index contributed by atoms with van der Waals surface area (Å²) in [5, 5.41) is 13.3. The second-order valence-electron chi connectivity index (χ2n) is 5.87. The molecule has 3 atom stereocenters. The number of nitrogens with one attached hydrogen (secondary N) is 1. The van der Waals surface area contributed by atoms with Crippen molar-refractivity contribution in [1.82, 2.24) is 5.32 Å². The molecule has 2 aliphatic rings. The van der Waals surface area contributed by atoms with Gasteiger partial charge in [0.15, 0.2) is 0 Å². The molecule has 0 heterocycles. The van der Waals surface area contributed by atoms with Gasteiger partial charge in [0.25, 0.3) is 0 Å². The van der Waals surface area contributed by atoms with Gasteiger partial charge in [0.2, 0.25) is 0 Å². The maximum absolute atomic E-state index is 9.43. The van der Waals surface area contributed by atoms with Gasteiger partial charge in [0, 0.05) is 18.7 Å². The smallest absolute Gasteiger partial charge is 0.0474 e. The third-order valence-electron chi connectivity index (χ3n) is 4.54. The molecule has 0 spiro atoms. The van der Waals surface area contributed by atoms with Crippen molar-refractivity contribution in [2.75, 3.05) is 6.61 Å². The van der Waals surface area contributed by atoms with Crippen molar-refractivity contribution in [3.8, 4) is 0 Å². The van der Waals surface area contributed by atoms with Crippen LogP contribution in [0.25, 0.3) is 0 Å². The van der Waals surface area contributed by atoms with E-state index in [-0.39, 0.29) is 0 Å². The summed E-state index contributed by atoms with van der Waals surface area (Å²) in [7, 11) is 0. The van der Waals surface area contributed by atoms with E-state index in [0.29, 0.717) is 24.6 Å². The fourth-order valence-electron chi connectivity index (χ4n) is 3.30. The average Bonchev–Trinajstić information content (AvgIpc) is 3.16. The molecule has 2 fully saturated rings. The third kappa shape index (κ3) is 2.60. The van der Waals surface area contributed by atoms with Crippen LogP contribution in [-0.2, 0) is 0 Å². The molecule has 0 saturated heterocycles. The van der Waals surface area contributed by atoms with Gasteiger partial charge in [-0.25, -0.2) is 0 Å². The molecule has 0 bridgehead atoms. The van der Waals surface area contributed by atoms with E-state index < -0.39 is 0 Å². The lowest BCUT2D eigenvalue weighted by molar-refractivity contribution is 0.197. The Morgan fingerprint density at radius 2 is 1.89 bits per heavy atom. The summed E-state index contributed by atoms with van der Waals surface area (Å²) < 4.78 is 0. The van der Waals surface area contributed by atoms with Gasteiger partial charge in [0.1, 0.15) is 0 Å². The molecule has 2 heteroatoms. The quantitative estimate of drug-likeness (QED) is 0.836. The van der Waals surface area contributed by atoms with Crippen LogP contribution in [0.3, 0.4) is 0 Å². The first-order valence-electron chi connectivity index (χ1n) is 7.30. The lowest BCUT2D eigenvalue weighted by atomic mass is 9.98. The van der Waals surface area contributed by atoms with Crippen LogP contribution in [0, 0.1) is 11.8 Å². The lowest BCUT2D eigenvalue weighted by Crippen LogP contribution is -2.37. The Balaban J connectivity index is 1.71. The maximum Gasteiger partial charge on any atom is 0.0474 e. The van der Waals surface area contributed by atoms with Crippen molar-refractivity contribution in [2.45, 2.75) is 44.2 Å². The van der Waals surface area contributed by atoms with Crippen molar-refractivity contribution in [2.24, 2.45) is 11.8 Å². The van der Waals surface area contributed by atoms with E-state index in [1.165, 1.54) is 37.7 Å². The van der Waals surface area contributed by atoms with Gasteiger partial charge in [-0.2, -0.15) is 0 Å². The number of rotatable bonds is 5. The van der Waals surface area contributed by atoms with Crippen LogP contribution in [0.5, 0.6) is 0 Å². The second kappa shape index (κ2) is 5.41. The van der Waals surface area contributed by atoms with Gasteiger partial charge in [-0.15, -0.1) is 0 Å². The summed E-state index contributed by atoms with van der Waals surface area (Å²) in [5.74, 6) is 1.28. The third-order valence-corrected chi connectivity index (χ3v) is 4.54. The van der Waals surface area contributed by atoms with Crippen LogP contribution in [0.15, 0.2) is 30.3 Å². The molecule has 98 valence electrons. The number of hydrogen-bond donors (Lipinski definition) is 2. The van der Waals surface area contributed by atoms with E-state index in [9.17, 15) is 5.11 Å².